The summed E-state index contributed by atoms with van der Waals surface area (Å²) in [5.74, 6) is -0.00728. The van der Waals surface area contributed by atoms with Crippen LogP contribution in [0, 0.1) is 0 Å². The lowest BCUT2D eigenvalue weighted by Gasteiger charge is -2.16. The van der Waals surface area contributed by atoms with Crippen molar-refractivity contribution in [3.63, 3.8) is 0 Å². The third kappa shape index (κ3) is 6.06. The molecule has 0 saturated heterocycles. The molecule has 1 aromatic heterocycles. The summed E-state index contributed by atoms with van der Waals surface area (Å²) < 4.78 is 13.1. The molecule has 0 saturated carbocycles. The van der Waals surface area contributed by atoms with Gasteiger partial charge >= 0.3 is 5.69 Å². The predicted molar refractivity (Wildman–Crippen MR) is 153 cm³/mol. The molecule has 0 spiro atoms. The van der Waals surface area contributed by atoms with Crippen LogP contribution < -0.4 is 31.4 Å². The monoisotopic (exact) mass is 544 g/mol. The zero-order valence-electron chi connectivity index (χ0n) is 22.9. The standard InChI is InChI=1S/C30H32N4O6/c1-5-19(2)31-28(36)21-13-11-20(12-14-21)17-34-29(37)23-15-25(39-3)26(40-4)16-24(23)33(30(34)38)18-27(35)32-22-9-7-6-8-10-22/h6-16,19H,5,17-18H2,1-4H3,(H,31,36)(H,32,35)/t19-/m1/s1. The van der Waals surface area contributed by atoms with E-state index in [1.165, 1.54) is 30.9 Å². The van der Waals surface area contributed by atoms with Gasteiger partial charge in [0.25, 0.3) is 11.5 Å². The molecule has 0 aliphatic carbocycles. The Labute approximate surface area is 231 Å². The van der Waals surface area contributed by atoms with Crippen molar-refractivity contribution in [3.8, 4) is 11.5 Å². The summed E-state index contributed by atoms with van der Waals surface area (Å²) in [4.78, 5) is 52.7. The van der Waals surface area contributed by atoms with Gasteiger partial charge in [-0.2, -0.15) is 0 Å². The number of hydrogen-bond acceptors (Lipinski definition) is 6. The van der Waals surface area contributed by atoms with E-state index in [4.69, 9.17) is 9.47 Å². The lowest BCUT2D eigenvalue weighted by Crippen LogP contribution is -2.42. The van der Waals surface area contributed by atoms with E-state index < -0.39 is 17.2 Å². The van der Waals surface area contributed by atoms with Crippen molar-refractivity contribution >= 4 is 28.4 Å². The first kappa shape index (κ1) is 28.2. The van der Waals surface area contributed by atoms with Crippen LogP contribution in [0.5, 0.6) is 11.5 Å². The second-order valence-corrected chi connectivity index (χ2v) is 9.38. The quantitative estimate of drug-likeness (QED) is 0.316. The van der Waals surface area contributed by atoms with Crippen LogP contribution >= 0.6 is 0 Å². The number of nitrogens with one attached hydrogen (secondary N) is 2. The Kier molecular flexibility index (Phi) is 8.68. The second-order valence-electron chi connectivity index (χ2n) is 9.38. The largest absolute Gasteiger partial charge is 0.493 e. The van der Waals surface area contributed by atoms with Crippen molar-refractivity contribution in [2.24, 2.45) is 0 Å². The second kappa shape index (κ2) is 12.3. The van der Waals surface area contributed by atoms with Crippen molar-refractivity contribution in [1.29, 1.82) is 0 Å². The molecule has 0 radical (unpaired) electrons. The Balaban J connectivity index is 1.75. The number of benzene rings is 3. The van der Waals surface area contributed by atoms with E-state index in [-0.39, 0.29) is 35.9 Å². The van der Waals surface area contributed by atoms with E-state index in [0.717, 1.165) is 11.0 Å². The van der Waals surface area contributed by atoms with Crippen molar-refractivity contribution in [2.75, 3.05) is 19.5 Å². The fourth-order valence-corrected chi connectivity index (χ4v) is 4.26. The first-order chi connectivity index (χ1) is 19.2. The summed E-state index contributed by atoms with van der Waals surface area (Å²) in [5.41, 5.74) is 0.728. The Morgan fingerprint density at radius 2 is 1.55 bits per heavy atom. The molecule has 0 fully saturated rings. The van der Waals surface area contributed by atoms with Gasteiger partial charge in [0.2, 0.25) is 5.91 Å². The maximum Gasteiger partial charge on any atom is 0.332 e. The summed E-state index contributed by atoms with van der Waals surface area (Å²) >= 11 is 0. The number of para-hydroxylation sites is 1. The SMILES string of the molecule is CC[C@@H](C)NC(=O)c1ccc(Cn2c(=O)c3cc(OC)c(OC)cc3n(CC(=O)Nc3ccccc3)c2=O)cc1. The molecule has 40 heavy (non-hydrogen) atoms. The molecule has 0 aliphatic heterocycles. The van der Waals surface area contributed by atoms with E-state index >= 15 is 0 Å². The van der Waals surface area contributed by atoms with Gasteiger partial charge in [0.05, 0.1) is 31.7 Å². The summed E-state index contributed by atoms with van der Waals surface area (Å²) in [6.45, 7) is 3.51. The Hall–Kier alpha value is -4.86. The molecule has 208 valence electrons. The van der Waals surface area contributed by atoms with Crippen LogP contribution in [0.25, 0.3) is 10.9 Å². The van der Waals surface area contributed by atoms with Crippen LogP contribution in [0.4, 0.5) is 5.69 Å². The molecule has 0 aliphatic rings. The van der Waals surface area contributed by atoms with E-state index in [9.17, 15) is 19.2 Å². The summed E-state index contributed by atoms with van der Waals surface area (Å²) in [6.07, 6.45) is 0.807. The molecular formula is C30H32N4O6. The number of rotatable bonds is 10. The lowest BCUT2D eigenvalue weighted by atomic mass is 10.1. The fourth-order valence-electron chi connectivity index (χ4n) is 4.26. The third-order valence-corrected chi connectivity index (χ3v) is 6.64. The maximum absolute atomic E-state index is 13.7. The van der Waals surface area contributed by atoms with Gasteiger partial charge in [-0.1, -0.05) is 37.3 Å². The van der Waals surface area contributed by atoms with Gasteiger partial charge in [0.15, 0.2) is 11.5 Å². The summed E-state index contributed by atoms with van der Waals surface area (Å²) in [5, 5.41) is 5.87. The van der Waals surface area contributed by atoms with Crippen LogP contribution in [-0.4, -0.2) is 41.2 Å². The van der Waals surface area contributed by atoms with Crippen molar-refractivity contribution in [2.45, 2.75) is 39.4 Å². The number of fused-ring (bicyclic) bond motifs is 1. The Bertz CT molecular complexity index is 1640. The minimum Gasteiger partial charge on any atom is -0.493 e. The molecule has 1 heterocycles. The maximum atomic E-state index is 13.7. The highest BCUT2D eigenvalue weighted by Crippen LogP contribution is 2.30. The van der Waals surface area contributed by atoms with Crippen LogP contribution in [0.3, 0.4) is 0 Å². The topological polar surface area (TPSA) is 121 Å². The molecule has 2 amide bonds. The van der Waals surface area contributed by atoms with Gasteiger partial charge in [0, 0.05) is 23.4 Å². The number of ether oxygens (including phenoxy) is 2. The van der Waals surface area contributed by atoms with Gasteiger partial charge in [-0.15, -0.1) is 0 Å². The van der Waals surface area contributed by atoms with Gasteiger partial charge in [-0.25, -0.2) is 4.79 Å². The number of carbonyl (C=O) groups is 2. The number of carbonyl (C=O) groups excluding carboxylic acids is 2. The smallest absolute Gasteiger partial charge is 0.332 e. The zero-order valence-corrected chi connectivity index (χ0v) is 22.9. The molecule has 0 bridgehead atoms. The molecule has 10 nitrogen and oxygen atoms in total. The number of hydrogen-bond donors (Lipinski definition) is 2. The van der Waals surface area contributed by atoms with E-state index in [1.807, 2.05) is 19.9 Å². The molecule has 4 aromatic rings. The number of methoxy groups -OCH3 is 2. The fraction of sp³-hybridized carbons (Fsp3) is 0.267. The summed E-state index contributed by atoms with van der Waals surface area (Å²) in [7, 11) is 2.90. The van der Waals surface area contributed by atoms with E-state index in [0.29, 0.717) is 28.3 Å². The predicted octanol–water partition coefficient (Wildman–Crippen LogP) is 3.40. The third-order valence-electron chi connectivity index (χ3n) is 6.64. The Morgan fingerprint density at radius 3 is 2.17 bits per heavy atom. The van der Waals surface area contributed by atoms with Gasteiger partial charge in [-0.3, -0.25) is 23.5 Å². The van der Waals surface area contributed by atoms with Crippen LogP contribution in [-0.2, 0) is 17.9 Å². The first-order valence-corrected chi connectivity index (χ1v) is 12.9. The number of amides is 2. The summed E-state index contributed by atoms with van der Waals surface area (Å²) in [6, 6.07) is 18.6. The number of anilines is 1. The molecule has 2 N–H and O–H groups in total. The van der Waals surface area contributed by atoms with Crippen LogP contribution in [0.15, 0.2) is 76.3 Å². The average molecular weight is 545 g/mol. The number of nitrogens with zero attached hydrogens (tertiary/aromatic N) is 2. The van der Waals surface area contributed by atoms with Crippen LogP contribution in [0.2, 0.25) is 0 Å². The lowest BCUT2D eigenvalue weighted by molar-refractivity contribution is -0.116. The Morgan fingerprint density at radius 1 is 0.900 bits per heavy atom. The molecule has 4 rings (SSSR count). The van der Waals surface area contributed by atoms with Gasteiger partial charge in [-0.05, 0) is 49.2 Å². The average Bonchev–Trinajstić information content (AvgIpc) is 2.97. The van der Waals surface area contributed by atoms with Gasteiger partial charge in [0.1, 0.15) is 6.54 Å². The highest BCUT2D eigenvalue weighted by atomic mass is 16.5. The molecule has 10 heteroatoms. The highest BCUT2D eigenvalue weighted by molar-refractivity contribution is 5.94. The van der Waals surface area contributed by atoms with Crippen LogP contribution in [0.1, 0.15) is 36.2 Å². The molecular weight excluding hydrogens is 512 g/mol. The molecule has 1 atom stereocenters. The normalized spacial score (nSPS) is 11.6. The van der Waals surface area contributed by atoms with Crippen molar-refractivity contribution in [1.82, 2.24) is 14.5 Å². The first-order valence-electron chi connectivity index (χ1n) is 12.9. The minimum atomic E-state index is -0.661. The van der Waals surface area contributed by atoms with Crippen molar-refractivity contribution < 1.29 is 19.1 Å². The van der Waals surface area contributed by atoms with E-state index in [2.05, 4.69) is 10.6 Å². The molecule has 0 unspecified atom stereocenters. The highest BCUT2D eigenvalue weighted by Gasteiger charge is 2.19. The van der Waals surface area contributed by atoms with Crippen molar-refractivity contribution in [3.05, 3.63) is 98.7 Å². The molecule has 3 aromatic carbocycles. The van der Waals surface area contributed by atoms with E-state index in [1.54, 1.807) is 48.5 Å². The van der Waals surface area contributed by atoms with Gasteiger partial charge < -0.3 is 20.1 Å². The minimum absolute atomic E-state index is 0.0385. The zero-order chi connectivity index (χ0) is 28.8. The number of aromatic nitrogens is 2.